The van der Waals surface area contributed by atoms with Crippen LogP contribution in [0.5, 0.6) is 0 Å². The van der Waals surface area contributed by atoms with Crippen LogP contribution in [0.3, 0.4) is 0 Å². The van der Waals surface area contributed by atoms with Crippen LogP contribution in [0.1, 0.15) is 36.5 Å². The summed E-state index contributed by atoms with van der Waals surface area (Å²) in [7, 11) is 0. The topological polar surface area (TPSA) is 50.3 Å². The van der Waals surface area contributed by atoms with Gasteiger partial charge in [0.05, 0.1) is 5.56 Å². The van der Waals surface area contributed by atoms with E-state index in [9.17, 15) is 9.59 Å². The maximum absolute atomic E-state index is 12.3. The van der Waals surface area contributed by atoms with Crippen LogP contribution in [-0.2, 0) is 4.79 Å². The van der Waals surface area contributed by atoms with Gasteiger partial charge in [-0.3, -0.25) is 14.5 Å². The molecular formula is C13H14Cl2N2O2. The molecule has 19 heavy (non-hydrogen) atoms. The molecule has 0 aliphatic carbocycles. The lowest BCUT2D eigenvalue weighted by atomic mass is 10.0. The fraction of sp³-hybridized carbons (Fsp3) is 0.462. The molecule has 0 radical (unpaired) electrons. The molecule has 2 rings (SSSR count). The van der Waals surface area contributed by atoms with Gasteiger partial charge in [0, 0.05) is 13.0 Å². The molecule has 1 atom stereocenters. The number of imide groups is 1. The van der Waals surface area contributed by atoms with Gasteiger partial charge in [-0.05, 0) is 24.5 Å². The molecule has 1 aromatic rings. The Morgan fingerprint density at radius 3 is 2.84 bits per heavy atom. The maximum Gasteiger partial charge on any atom is 0.263 e. The number of carbonyl (C=O) groups excluding carboxylic acids is 2. The predicted octanol–water partition coefficient (Wildman–Crippen LogP) is 3.18. The van der Waals surface area contributed by atoms with Crippen LogP contribution in [-0.4, -0.2) is 28.2 Å². The summed E-state index contributed by atoms with van der Waals surface area (Å²) >= 11 is 11.6. The molecular weight excluding hydrogens is 287 g/mol. The molecule has 0 saturated carbocycles. The number of hydrogen-bond donors (Lipinski definition) is 0. The van der Waals surface area contributed by atoms with Crippen LogP contribution < -0.4 is 0 Å². The average Bonchev–Trinajstić information content (AvgIpc) is 2.70. The van der Waals surface area contributed by atoms with Crippen molar-refractivity contribution < 1.29 is 9.59 Å². The SMILES string of the molecule is CCCC1CC(=O)N(C(=O)c2ccc(Cl)nc2Cl)C1. The summed E-state index contributed by atoms with van der Waals surface area (Å²) in [4.78, 5) is 29.2. The van der Waals surface area contributed by atoms with Crippen molar-refractivity contribution in [3.8, 4) is 0 Å². The average molecular weight is 301 g/mol. The Labute approximate surface area is 121 Å². The van der Waals surface area contributed by atoms with Crippen molar-refractivity contribution in [2.45, 2.75) is 26.2 Å². The molecule has 0 aromatic carbocycles. The van der Waals surface area contributed by atoms with Crippen molar-refractivity contribution in [2.24, 2.45) is 5.92 Å². The lowest BCUT2D eigenvalue weighted by molar-refractivity contribution is -0.125. The van der Waals surface area contributed by atoms with E-state index in [1.807, 2.05) is 0 Å². The highest BCUT2D eigenvalue weighted by Crippen LogP contribution is 2.26. The first-order valence-corrected chi connectivity index (χ1v) is 6.95. The Bertz CT molecular complexity index is 519. The van der Waals surface area contributed by atoms with Crippen molar-refractivity contribution in [2.75, 3.05) is 6.54 Å². The number of rotatable bonds is 3. The highest BCUT2D eigenvalue weighted by molar-refractivity contribution is 6.34. The van der Waals surface area contributed by atoms with E-state index in [0.717, 1.165) is 12.8 Å². The zero-order chi connectivity index (χ0) is 14.0. The van der Waals surface area contributed by atoms with Crippen molar-refractivity contribution in [1.82, 2.24) is 9.88 Å². The summed E-state index contributed by atoms with van der Waals surface area (Å²) in [6.07, 6.45) is 2.38. The second-order valence-electron chi connectivity index (χ2n) is 4.64. The van der Waals surface area contributed by atoms with Crippen LogP contribution in [0.25, 0.3) is 0 Å². The van der Waals surface area contributed by atoms with Gasteiger partial charge in [-0.2, -0.15) is 0 Å². The molecule has 0 bridgehead atoms. The van der Waals surface area contributed by atoms with Crippen molar-refractivity contribution in [3.63, 3.8) is 0 Å². The summed E-state index contributed by atoms with van der Waals surface area (Å²) in [6, 6.07) is 2.99. The van der Waals surface area contributed by atoms with E-state index >= 15 is 0 Å². The van der Waals surface area contributed by atoms with Gasteiger partial charge in [-0.25, -0.2) is 4.98 Å². The van der Waals surface area contributed by atoms with Crippen LogP contribution in [0.15, 0.2) is 12.1 Å². The lowest BCUT2D eigenvalue weighted by Crippen LogP contribution is -2.32. The predicted molar refractivity (Wildman–Crippen MR) is 73.3 cm³/mol. The number of hydrogen-bond acceptors (Lipinski definition) is 3. The third kappa shape index (κ3) is 3.07. The highest BCUT2D eigenvalue weighted by Gasteiger charge is 2.34. The number of amides is 2. The van der Waals surface area contributed by atoms with E-state index in [1.165, 1.54) is 17.0 Å². The Kier molecular flexibility index (Phi) is 4.42. The lowest BCUT2D eigenvalue weighted by Gasteiger charge is -2.15. The molecule has 0 spiro atoms. The van der Waals surface area contributed by atoms with Gasteiger partial charge in [0.15, 0.2) is 0 Å². The molecule has 1 aliphatic heterocycles. The molecule has 1 unspecified atom stereocenters. The zero-order valence-electron chi connectivity index (χ0n) is 10.5. The highest BCUT2D eigenvalue weighted by atomic mass is 35.5. The summed E-state index contributed by atoms with van der Waals surface area (Å²) in [6.45, 7) is 2.53. The fourth-order valence-corrected chi connectivity index (χ4v) is 2.72. The first-order chi connectivity index (χ1) is 9.02. The van der Waals surface area contributed by atoms with Crippen LogP contribution in [0.4, 0.5) is 0 Å². The van der Waals surface area contributed by atoms with E-state index < -0.39 is 5.91 Å². The van der Waals surface area contributed by atoms with Gasteiger partial charge in [0.25, 0.3) is 5.91 Å². The fourth-order valence-electron chi connectivity index (χ4n) is 2.30. The molecule has 0 N–H and O–H groups in total. The molecule has 2 heterocycles. The Hall–Kier alpha value is -1.13. The van der Waals surface area contributed by atoms with Crippen LogP contribution >= 0.6 is 23.2 Å². The van der Waals surface area contributed by atoms with Gasteiger partial charge in [0.1, 0.15) is 10.3 Å². The van der Waals surface area contributed by atoms with E-state index in [2.05, 4.69) is 11.9 Å². The zero-order valence-corrected chi connectivity index (χ0v) is 12.0. The summed E-state index contributed by atoms with van der Waals surface area (Å²) in [5, 5.41) is 0.252. The number of carbonyl (C=O) groups is 2. The molecule has 1 aromatic heterocycles. The molecule has 1 fully saturated rings. The summed E-state index contributed by atoms with van der Waals surface area (Å²) in [5.74, 6) is -0.285. The Morgan fingerprint density at radius 1 is 1.47 bits per heavy atom. The van der Waals surface area contributed by atoms with E-state index in [1.54, 1.807) is 0 Å². The number of likely N-dealkylation sites (tertiary alicyclic amines) is 1. The summed E-state index contributed by atoms with van der Waals surface area (Å²) < 4.78 is 0. The standard InChI is InChI=1S/C13H14Cl2N2O2/c1-2-3-8-6-11(18)17(7-8)13(19)9-4-5-10(14)16-12(9)15/h4-5,8H,2-3,6-7H2,1H3. The molecule has 6 heteroatoms. The first-order valence-electron chi connectivity index (χ1n) is 6.19. The third-order valence-corrected chi connectivity index (χ3v) is 3.69. The third-order valence-electron chi connectivity index (χ3n) is 3.19. The normalized spacial score (nSPS) is 19.0. The van der Waals surface area contributed by atoms with E-state index in [0.29, 0.717) is 13.0 Å². The van der Waals surface area contributed by atoms with Gasteiger partial charge in [0.2, 0.25) is 5.91 Å². The van der Waals surface area contributed by atoms with Crippen LogP contribution in [0.2, 0.25) is 10.3 Å². The number of nitrogens with zero attached hydrogens (tertiary/aromatic N) is 2. The Morgan fingerprint density at radius 2 is 2.21 bits per heavy atom. The minimum absolute atomic E-state index is 0.0317. The first kappa shape index (κ1) is 14.3. The molecule has 1 saturated heterocycles. The number of halogens is 2. The minimum Gasteiger partial charge on any atom is -0.278 e. The Balaban J connectivity index is 2.18. The van der Waals surface area contributed by atoms with Gasteiger partial charge < -0.3 is 0 Å². The number of pyridine rings is 1. The summed E-state index contributed by atoms with van der Waals surface area (Å²) in [5.41, 5.74) is 0.219. The smallest absolute Gasteiger partial charge is 0.263 e. The largest absolute Gasteiger partial charge is 0.278 e. The van der Waals surface area contributed by atoms with Gasteiger partial charge in [-0.1, -0.05) is 36.5 Å². The minimum atomic E-state index is -0.391. The van der Waals surface area contributed by atoms with Crippen LogP contribution in [0, 0.1) is 5.92 Å². The maximum atomic E-state index is 12.3. The second-order valence-corrected chi connectivity index (χ2v) is 5.39. The molecule has 4 nitrogen and oxygen atoms in total. The van der Waals surface area contributed by atoms with Gasteiger partial charge >= 0.3 is 0 Å². The van der Waals surface area contributed by atoms with Crippen molar-refractivity contribution in [1.29, 1.82) is 0 Å². The van der Waals surface area contributed by atoms with E-state index in [-0.39, 0.29) is 27.7 Å². The number of aromatic nitrogens is 1. The van der Waals surface area contributed by atoms with Gasteiger partial charge in [-0.15, -0.1) is 0 Å². The molecule has 2 amide bonds. The van der Waals surface area contributed by atoms with Crippen molar-refractivity contribution >= 4 is 35.0 Å². The molecule has 102 valence electrons. The monoisotopic (exact) mass is 300 g/mol. The molecule has 1 aliphatic rings. The van der Waals surface area contributed by atoms with E-state index in [4.69, 9.17) is 23.2 Å². The quantitative estimate of drug-likeness (QED) is 0.636. The van der Waals surface area contributed by atoms with Crippen molar-refractivity contribution in [3.05, 3.63) is 28.0 Å². The second kappa shape index (κ2) is 5.88.